The SMILES string of the molecule is CCN1C(=O)/C(=C/c2cc(Br)c(OCc3ccc(C)cc3)c(OC)c2)SC1=S. The lowest BCUT2D eigenvalue weighted by Gasteiger charge is -2.14. The third-order valence-corrected chi connectivity index (χ3v) is 6.21. The molecule has 1 fully saturated rings. The largest absolute Gasteiger partial charge is 0.493 e. The third kappa shape index (κ3) is 4.59. The van der Waals surface area contributed by atoms with Crippen molar-refractivity contribution in [1.29, 1.82) is 0 Å². The minimum absolute atomic E-state index is 0.0627. The summed E-state index contributed by atoms with van der Waals surface area (Å²) in [6, 6.07) is 12.0. The first-order valence-electron chi connectivity index (χ1n) is 8.74. The number of thiocarbonyl (C=S) groups is 1. The first kappa shape index (κ1) is 20.9. The summed E-state index contributed by atoms with van der Waals surface area (Å²) < 4.78 is 12.9. The first-order valence-corrected chi connectivity index (χ1v) is 10.8. The second kappa shape index (κ2) is 9.11. The van der Waals surface area contributed by atoms with Gasteiger partial charge in [-0.15, -0.1) is 0 Å². The first-order chi connectivity index (χ1) is 13.4. The molecule has 1 saturated heterocycles. The summed E-state index contributed by atoms with van der Waals surface area (Å²) in [5.74, 6) is 1.16. The molecule has 2 aromatic carbocycles. The Morgan fingerprint density at radius 2 is 1.96 bits per heavy atom. The zero-order valence-electron chi connectivity index (χ0n) is 15.8. The van der Waals surface area contributed by atoms with Crippen molar-refractivity contribution in [2.24, 2.45) is 0 Å². The second-order valence-electron chi connectivity index (χ2n) is 6.23. The molecule has 4 nitrogen and oxygen atoms in total. The fourth-order valence-corrected chi connectivity index (χ4v) is 4.69. The molecule has 1 amide bonds. The predicted octanol–water partition coefficient (Wildman–Crippen LogP) is 5.57. The number of hydrogen-bond donors (Lipinski definition) is 0. The van der Waals surface area contributed by atoms with Crippen LogP contribution in [0.2, 0.25) is 0 Å². The van der Waals surface area contributed by atoms with Gasteiger partial charge in [-0.3, -0.25) is 9.69 Å². The fraction of sp³-hybridized carbons (Fsp3) is 0.238. The van der Waals surface area contributed by atoms with Crippen LogP contribution in [0.3, 0.4) is 0 Å². The van der Waals surface area contributed by atoms with Crippen molar-refractivity contribution in [3.05, 3.63) is 62.5 Å². The quantitative estimate of drug-likeness (QED) is 0.401. The number of carbonyl (C=O) groups is 1. The summed E-state index contributed by atoms with van der Waals surface area (Å²) in [6.07, 6.45) is 1.83. The van der Waals surface area contributed by atoms with Gasteiger partial charge in [0.15, 0.2) is 11.5 Å². The Morgan fingerprint density at radius 1 is 1.25 bits per heavy atom. The van der Waals surface area contributed by atoms with E-state index >= 15 is 0 Å². The Labute approximate surface area is 183 Å². The Balaban J connectivity index is 1.83. The monoisotopic (exact) mass is 477 g/mol. The van der Waals surface area contributed by atoms with E-state index in [-0.39, 0.29) is 5.91 Å². The lowest BCUT2D eigenvalue weighted by molar-refractivity contribution is -0.121. The molecule has 0 radical (unpaired) electrons. The number of methoxy groups -OCH3 is 1. The molecule has 1 aliphatic heterocycles. The van der Waals surface area contributed by atoms with Gasteiger partial charge >= 0.3 is 0 Å². The molecule has 0 spiro atoms. The van der Waals surface area contributed by atoms with Crippen LogP contribution in [0.15, 0.2) is 45.8 Å². The Kier molecular flexibility index (Phi) is 6.80. The van der Waals surface area contributed by atoms with Gasteiger partial charge in [-0.2, -0.15) is 0 Å². The zero-order chi connectivity index (χ0) is 20.3. The van der Waals surface area contributed by atoms with Crippen LogP contribution in [0.1, 0.15) is 23.6 Å². The number of thioether (sulfide) groups is 1. The summed E-state index contributed by atoms with van der Waals surface area (Å²) in [5.41, 5.74) is 3.12. The van der Waals surface area contributed by atoms with E-state index in [9.17, 15) is 4.79 Å². The highest BCUT2D eigenvalue weighted by Gasteiger charge is 2.30. The number of halogens is 1. The number of nitrogens with zero attached hydrogens (tertiary/aromatic N) is 1. The molecule has 0 N–H and O–H groups in total. The Bertz CT molecular complexity index is 941. The van der Waals surface area contributed by atoms with Crippen LogP contribution in [0.5, 0.6) is 11.5 Å². The van der Waals surface area contributed by atoms with Crippen LogP contribution in [-0.4, -0.2) is 28.8 Å². The highest BCUT2D eigenvalue weighted by atomic mass is 79.9. The van der Waals surface area contributed by atoms with Gasteiger partial charge in [0.1, 0.15) is 10.9 Å². The van der Waals surface area contributed by atoms with E-state index in [1.165, 1.54) is 17.3 Å². The minimum Gasteiger partial charge on any atom is -0.493 e. The molecule has 146 valence electrons. The number of carbonyl (C=O) groups excluding carboxylic acids is 1. The number of amides is 1. The number of aryl methyl sites for hydroxylation is 1. The fourth-order valence-electron chi connectivity index (χ4n) is 2.73. The molecule has 0 unspecified atom stereocenters. The van der Waals surface area contributed by atoms with Gasteiger partial charge < -0.3 is 9.47 Å². The maximum absolute atomic E-state index is 12.4. The van der Waals surface area contributed by atoms with E-state index < -0.39 is 0 Å². The molecular formula is C21H20BrNO3S2. The number of benzene rings is 2. The Morgan fingerprint density at radius 3 is 2.57 bits per heavy atom. The normalized spacial score (nSPS) is 15.4. The van der Waals surface area contributed by atoms with Gasteiger partial charge in [-0.05, 0) is 59.1 Å². The van der Waals surface area contributed by atoms with Gasteiger partial charge in [0.2, 0.25) is 0 Å². The lowest BCUT2D eigenvalue weighted by atomic mass is 10.1. The molecule has 1 aliphatic rings. The average Bonchev–Trinajstić information content (AvgIpc) is 2.94. The molecule has 2 aromatic rings. The highest BCUT2D eigenvalue weighted by molar-refractivity contribution is 9.10. The van der Waals surface area contributed by atoms with Crippen LogP contribution in [0.25, 0.3) is 6.08 Å². The average molecular weight is 478 g/mol. The van der Waals surface area contributed by atoms with Crippen LogP contribution in [-0.2, 0) is 11.4 Å². The van der Waals surface area contributed by atoms with Crippen LogP contribution in [0.4, 0.5) is 0 Å². The van der Waals surface area contributed by atoms with Crippen molar-refractivity contribution >= 4 is 56.2 Å². The molecule has 0 aliphatic carbocycles. The minimum atomic E-state index is -0.0627. The topological polar surface area (TPSA) is 38.8 Å². The van der Waals surface area contributed by atoms with Gasteiger partial charge in [-0.1, -0.05) is 53.8 Å². The van der Waals surface area contributed by atoms with Crippen molar-refractivity contribution in [3.63, 3.8) is 0 Å². The zero-order valence-corrected chi connectivity index (χ0v) is 19.0. The number of likely N-dealkylation sites (N-methyl/N-ethyl adjacent to an activating group) is 1. The van der Waals surface area contributed by atoms with E-state index in [2.05, 4.69) is 35.0 Å². The molecule has 3 rings (SSSR count). The van der Waals surface area contributed by atoms with Crippen molar-refractivity contribution in [3.8, 4) is 11.5 Å². The molecule has 1 heterocycles. The van der Waals surface area contributed by atoms with Gasteiger partial charge in [0.25, 0.3) is 5.91 Å². The molecule has 28 heavy (non-hydrogen) atoms. The maximum Gasteiger partial charge on any atom is 0.266 e. The van der Waals surface area contributed by atoms with Crippen LogP contribution in [0, 0.1) is 6.92 Å². The molecule has 0 saturated carbocycles. The summed E-state index contributed by atoms with van der Waals surface area (Å²) in [6.45, 7) is 4.97. The van der Waals surface area contributed by atoms with E-state index in [0.717, 1.165) is 15.6 Å². The molecule has 0 bridgehead atoms. The summed E-state index contributed by atoms with van der Waals surface area (Å²) in [4.78, 5) is 14.6. The summed E-state index contributed by atoms with van der Waals surface area (Å²) in [7, 11) is 1.60. The maximum atomic E-state index is 12.4. The third-order valence-electron chi connectivity index (χ3n) is 4.24. The predicted molar refractivity (Wildman–Crippen MR) is 122 cm³/mol. The van der Waals surface area contributed by atoms with Gasteiger partial charge in [0, 0.05) is 6.54 Å². The van der Waals surface area contributed by atoms with Crippen molar-refractivity contribution in [2.75, 3.05) is 13.7 Å². The van der Waals surface area contributed by atoms with Crippen molar-refractivity contribution in [1.82, 2.24) is 4.90 Å². The molecule has 7 heteroatoms. The van der Waals surface area contributed by atoms with Crippen LogP contribution < -0.4 is 9.47 Å². The smallest absolute Gasteiger partial charge is 0.266 e. The lowest BCUT2D eigenvalue weighted by Crippen LogP contribution is -2.27. The van der Waals surface area contributed by atoms with Gasteiger partial charge in [0.05, 0.1) is 16.5 Å². The van der Waals surface area contributed by atoms with Crippen molar-refractivity contribution < 1.29 is 14.3 Å². The molecular weight excluding hydrogens is 458 g/mol. The van der Waals surface area contributed by atoms with E-state index in [0.29, 0.717) is 33.9 Å². The number of ether oxygens (including phenoxy) is 2. The van der Waals surface area contributed by atoms with Crippen molar-refractivity contribution in [2.45, 2.75) is 20.5 Å². The van der Waals surface area contributed by atoms with Gasteiger partial charge in [-0.25, -0.2) is 0 Å². The summed E-state index contributed by atoms with van der Waals surface area (Å²) in [5, 5.41) is 0. The standard InChI is InChI=1S/C21H20BrNO3S2/c1-4-23-20(24)18(28-21(23)27)11-15-9-16(22)19(17(10-15)25-3)26-12-14-7-5-13(2)6-8-14/h5-11H,4,12H2,1-3H3/b18-11-. The van der Waals surface area contributed by atoms with E-state index in [1.807, 2.05) is 37.3 Å². The Hall–Kier alpha value is -1.83. The van der Waals surface area contributed by atoms with E-state index in [4.69, 9.17) is 21.7 Å². The second-order valence-corrected chi connectivity index (χ2v) is 8.76. The molecule has 0 atom stereocenters. The number of hydrogen-bond acceptors (Lipinski definition) is 5. The number of rotatable bonds is 6. The van der Waals surface area contributed by atoms with Crippen LogP contribution >= 0.6 is 39.9 Å². The highest BCUT2D eigenvalue weighted by Crippen LogP contribution is 2.39. The molecule has 0 aromatic heterocycles. The summed E-state index contributed by atoms with van der Waals surface area (Å²) >= 11 is 10.1. The van der Waals surface area contributed by atoms with E-state index in [1.54, 1.807) is 12.0 Å².